The average Bonchev–Trinajstić information content (AvgIpc) is 2.52. The third-order valence-corrected chi connectivity index (χ3v) is 3.12. The lowest BCUT2D eigenvalue weighted by Crippen LogP contribution is -2.16. The Kier molecular flexibility index (Phi) is 10.4. The van der Waals surface area contributed by atoms with Gasteiger partial charge in [-0.25, -0.2) is 0 Å². The largest absolute Gasteiger partial charge is 0.493 e. The lowest BCUT2D eigenvalue weighted by atomic mass is 10.1. The molecule has 0 spiro atoms. The van der Waals surface area contributed by atoms with E-state index in [9.17, 15) is 0 Å². The quantitative estimate of drug-likeness (QED) is 0.782. The van der Waals surface area contributed by atoms with E-state index in [0.717, 1.165) is 31.0 Å². The molecular formula is C16H22Cl2N2O2. The fraction of sp³-hybridized carbons (Fsp3) is 0.312. The molecule has 0 atom stereocenters. The van der Waals surface area contributed by atoms with Crippen LogP contribution < -0.4 is 14.8 Å². The molecule has 0 bridgehead atoms. The van der Waals surface area contributed by atoms with Gasteiger partial charge in [-0.2, -0.15) is 0 Å². The second kappa shape index (κ2) is 11.1. The van der Waals surface area contributed by atoms with Gasteiger partial charge in [-0.3, -0.25) is 4.98 Å². The molecule has 0 aliphatic rings. The highest BCUT2D eigenvalue weighted by Gasteiger charge is 2.04. The molecule has 0 aliphatic heterocycles. The molecule has 2 rings (SSSR count). The van der Waals surface area contributed by atoms with Crippen molar-refractivity contribution in [3.63, 3.8) is 0 Å². The van der Waals surface area contributed by atoms with Gasteiger partial charge in [0.05, 0.1) is 14.2 Å². The van der Waals surface area contributed by atoms with Crippen molar-refractivity contribution in [3.8, 4) is 11.5 Å². The molecule has 1 heterocycles. The van der Waals surface area contributed by atoms with Crippen LogP contribution in [0.4, 0.5) is 0 Å². The number of nitrogens with one attached hydrogen (secondary N) is 1. The van der Waals surface area contributed by atoms with Crippen LogP contribution in [-0.2, 0) is 13.0 Å². The third-order valence-electron chi connectivity index (χ3n) is 3.12. The summed E-state index contributed by atoms with van der Waals surface area (Å²) < 4.78 is 10.5. The minimum Gasteiger partial charge on any atom is -0.493 e. The number of hydrogen-bond acceptors (Lipinski definition) is 4. The van der Waals surface area contributed by atoms with Crippen LogP contribution in [0.1, 0.15) is 11.1 Å². The highest BCUT2D eigenvalue weighted by Crippen LogP contribution is 2.27. The van der Waals surface area contributed by atoms with Crippen LogP contribution in [-0.4, -0.2) is 25.7 Å². The number of rotatable bonds is 7. The highest BCUT2D eigenvalue weighted by atomic mass is 35.5. The summed E-state index contributed by atoms with van der Waals surface area (Å²) in [4.78, 5) is 4.00. The Morgan fingerprint density at radius 2 is 1.59 bits per heavy atom. The van der Waals surface area contributed by atoms with Gasteiger partial charge in [-0.1, -0.05) is 6.07 Å². The first-order valence-electron chi connectivity index (χ1n) is 6.64. The second-order valence-corrected chi connectivity index (χ2v) is 4.47. The lowest BCUT2D eigenvalue weighted by Gasteiger charge is -2.10. The zero-order chi connectivity index (χ0) is 14.2. The minimum atomic E-state index is 0. The standard InChI is InChI=1S/C16H20N2O2.2ClH/c1-19-15-4-3-13(11-16(15)20-2)5-10-18-12-14-6-8-17-9-7-14;;/h3-4,6-9,11,18H,5,10,12H2,1-2H3;2*1H. The van der Waals surface area contributed by atoms with Crippen LogP contribution in [0, 0.1) is 0 Å². The molecule has 1 aromatic heterocycles. The van der Waals surface area contributed by atoms with Crippen molar-refractivity contribution >= 4 is 24.8 Å². The summed E-state index contributed by atoms with van der Waals surface area (Å²) in [7, 11) is 3.30. The van der Waals surface area contributed by atoms with Crippen LogP contribution in [0.15, 0.2) is 42.7 Å². The van der Waals surface area contributed by atoms with Crippen LogP contribution in [0.25, 0.3) is 0 Å². The van der Waals surface area contributed by atoms with Crippen molar-refractivity contribution in [1.82, 2.24) is 10.3 Å². The summed E-state index contributed by atoms with van der Waals surface area (Å²) in [5, 5.41) is 3.42. The average molecular weight is 345 g/mol. The van der Waals surface area contributed by atoms with Gasteiger partial charge in [-0.15, -0.1) is 24.8 Å². The molecule has 0 amide bonds. The van der Waals surface area contributed by atoms with Gasteiger partial charge in [0.2, 0.25) is 0 Å². The molecule has 1 N–H and O–H groups in total. The summed E-state index contributed by atoms with van der Waals surface area (Å²) in [6, 6.07) is 10.1. The number of aromatic nitrogens is 1. The lowest BCUT2D eigenvalue weighted by molar-refractivity contribution is 0.354. The van der Waals surface area contributed by atoms with Crippen LogP contribution >= 0.6 is 24.8 Å². The van der Waals surface area contributed by atoms with E-state index in [1.807, 2.05) is 36.7 Å². The Hall–Kier alpha value is -1.49. The van der Waals surface area contributed by atoms with Gasteiger partial charge < -0.3 is 14.8 Å². The first-order valence-corrected chi connectivity index (χ1v) is 6.64. The van der Waals surface area contributed by atoms with Crippen molar-refractivity contribution in [1.29, 1.82) is 0 Å². The van der Waals surface area contributed by atoms with Gasteiger partial charge in [0.1, 0.15) is 0 Å². The molecule has 2 aromatic rings. The second-order valence-electron chi connectivity index (χ2n) is 4.47. The third kappa shape index (κ3) is 6.10. The number of ether oxygens (including phenoxy) is 2. The predicted octanol–water partition coefficient (Wildman–Crippen LogP) is 3.27. The van der Waals surface area contributed by atoms with Gasteiger partial charge in [-0.05, 0) is 48.4 Å². The fourth-order valence-corrected chi connectivity index (χ4v) is 2.00. The monoisotopic (exact) mass is 344 g/mol. The first kappa shape index (κ1) is 20.5. The predicted molar refractivity (Wildman–Crippen MR) is 93.7 cm³/mol. The molecule has 22 heavy (non-hydrogen) atoms. The Morgan fingerprint density at radius 3 is 2.23 bits per heavy atom. The molecule has 122 valence electrons. The molecule has 1 aromatic carbocycles. The van der Waals surface area contributed by atoms with Crippen LogP contribution in [0.3, 0.4) is 0 Å². The normalized spacial score (nSPS) is 9.36. The highest BCUT2D eigenvalue weighted by molar-refractivity contribution is 5.85. The Bertz CT molecular complexity index is 539. The van der Waals surface area contributed by atoms with Gasteiger partial charge in [0, 0.05) is 18.9 Å². The number of nitrogens with zero attached hydrogens (tertiary/aromatic N) is 1. The summed E-state index contributed by atoms with van der Waals surface area (Å²) in [6.45, 7) is 1.77. The zero-order valence-electron chi connectivity index (χ0n) is 12.7. The van der Waals surface area contributed by atoms with Crippen molar-refractivity contribution in [2.45, 2.75) is 13.0 Å². The number of benzene rings is 1. The van der Waals surface area contributed by atoms with E-state index in [-0.39, 0.29) is 24.8 Å². The fourth-order valence-electron chi connectivity index (χ4n) is 2.00. The van der Waals surface area contributed by atoms with Crippen LogP contribution in [0.2, 0.25) is 0 Å². The Morgan fingerprint density at radius 1 is 0.909 bits per heavy atom. The van der Waals surface area contributed by atoms with E-state index < -0.39 is 0 Å². The van der Waals surface area contributed by atoms with Crippen LogP contribution in [0.5, 0.6) is 11.5 Å². The molecule has 6 heteroatoms. The SMILES string of the molecule is COc1ccc(CCNCc2ccncc2)cc1OC.Cl.Cl. The molecular weight excluding hydrogens is 323 g/mol. The topological polar surface area (TPSA) is 43.4 Å². The number of halogens is 2. The number of pyridine rings is 1. The molecule has 0 saturated carbocycles. The molecule has 0 radical (unpaired) electrons. The van der Waals surface area contributed by atoms with Crippen molar-refractivity contribution in [2.75, 3.05) is 20.8 Å². The van der Waals surface area contributed by atoms with Gasteiger partial charge in [0.15, 0.2) is 11.5 Å². The molecule has 0 unspecified atom stereocenters. The summed E-state index contributed by atoms with van der Waals surface area (Å²) in [5.74, 6) is 1.54. The van der Waals surface area contributed by atoms with E-state index >= 15 is 0 Å². The van der Waals surface area contributed by atoms with Crippen molar-refractivity contribution < 1.29 is 9.47 Å². The van der Waals surface area contributed by atoms with E-state index in [4.69, 9.17) is 9.47 Å². The maximum atomic E-state index is 5.30. The van der Waals surface area contributed by atoms with E-state index in [0.29, 0.717) is 0 Å². The number of hydrogen-bond donors (Lipinski definition) is 1. The zero-order valence-corrected chi connectivity index (χ0v) is 14.4. The minimum absolute atomic E-state index is 0. The molecule has 0 aliphatic carbocycles. The molecule has 4 nitrogen and oxygen atoms in total. The van der Waals surface area contributed by atoms with Gasteiger partial charge >= 0.3 is 0 Å². The van der Waals surface area contributed by atoms with E-state index in [1.165, 1.54) is 11.1 Å². The maximum Gasteiger partial charge on any atom is 0.160 e. The van der Waals surface area contributed by atoms with Crippen molar-refractivity contribution in [2.24, 2.45) is 0 Å². The van der Waals surface area contributed by atoms with E-state index in [1.54, 1.807) is 14.2 Å². The summed E-state index contributed by atoms with van der Waals surface area (Å²) >= 11 is 0. The number of methoxy groups -OCH3 is 2. The molecule has 0 saturated heterocycles. The van der Waals surface area contributed by atoms with Gasteiger partial charge in [0.25, 0.3) is 0 Å². The smallest absolute Gasteiger partial charge is 0.160 e. The van der Waals surface area contributed by atoms with E-state index in [2.05, 4.69) is 16.4 Å². The summed E-state index contributed by atoms with van der Waals surface area (Å²) in [6.07, 6.45) is 4.57. The first-order chi connectivity index (χ1) is 9.83. The van der Waals surface area contributed by atoms with Crippen molar-refractivity contribution in [3.05, 3.63) is 53.9 Å². The molecule has 0 fully saturated rings. The summed E-state index contributed by atoms with van der Waals surface area (Å²) in [5.41, 5.74) is 2.47. The maximum absolute atomic E-state index is 5.30. The Balaban J connectivity index is 0.00000220. The Labute approximate surface area is 144 Å².